The van der Waals surface area contributed by atoms with Gasteiger partial charge >= 0.3 is 0 Å². The standard InChI is InChI=1S/C17H25FN2O2S/c1-5-8-13(4)12-21-16-10-9-14(11-15(16)18)23-20-17(6-2)19-22-7-3/h6,9-11,13H,2,5,7-8,12H2,1,3-4H3,(H,19,20). The molecule has 0 fully saturated rings. The number of ether oxygens (including phenoxy) is 1. The number of nitrogens with zero attached hydrogens (tertiary/aromatic N) is 1. The average Bonchev–Trinajstić information content (AvgIpc) is 2.54. The van der Waals surface area contributed by atoms with Crippen molar-refractivity contribution in [2.24, 2.45) is 11.1 Å². The Labute approximate surface area is 142 Å². The first-order valence-electron chi connectivity index (χ1n) is 7.78. The molecule has 0 aliphatic carbocycles. The molecule has 128 valence electrons. The summed E-state index contributed by atoms with van der Waals surface area (Å²) in [7, 11) is 0. The van der Waals surface area contributed by atoms with E-state index in [0.29, 0.717) is 29.9 Å². The van der Waals surface area contributed by atoms with Crippen LogP contribution < -0.4 is 9.46 Å². The van der Waals surface area contributed by atoms with Crippen molar-refractivity contribution in [3.8, 4) is 5.75 Å². The molecular formula is C17H25FN2O2S. The molecule has 0 bridgehead atoms. The van der Waals surface area contributed by atoms with Crippen LogP contribution in [0.4, 0.5) is 4.39 Å². The number of oxime groups is 1. The van der Waals surface area contributed by atoms with Gasteiger partial charge in [-0.1, -0.05) is 32.0 Å². The molecule has 0 radical (unpaired) electrons. The minimum Gasteiger partial charge on any atom is -0.490 e. The van der Waals surface area contributed by atoms with Crippen LogP contribution in [0.2, 0.25) is 0 Å². The molecule has 1 aromatic rings. The number of amidine groups is 1. The lowest BCUT2D eigenvalue weighted by atomic mass is 10.1. The molecule has 1 N–H and O–H groups in total. The van der Waals surface area contributed by atoms with Crippen molar-refractivity contribution in [3.63, 3.8) is 0 Å². The SMILES string of the molecule is C=C/C(=N\OCC)NSc1ccc(OCC(C)CCC)c(F)c1. The first kappa shape index (κ1) is 19.4. The van der Waals surface area contributed by atoms with E-state index in [2.05, 4.69) is 30.3 Å². The summed E-state index contributed by atoms with van der Waals surface area (Å²) < 4.78 is 22.5. The molecule has 0 heterocycles. The van der Waals surface area contributed by atoms with Crippen molar-refractivity contribution in [3.05, 3.63) is 36.7 Å². The van der Waals surface area contributed by atoms with Crippen molar-refractivity contribution < 1.29 is 14.0 Å². The second kappa shape index (κ2) is 10.9. The summed E-state index contributed by atoms with van der Waals surface area (Å²) in [4.78, 5) is 5.65. The Bertz CT molecular complexity index is 523. The summed E-state index contributed by atoms with van der Waals surface area (Å²) in [6, 6.07) is 4.87. The highest BCUT2D eigenvalue weighted by Gasteiger charge is 2.08. The van der Waals surface area contributed by atoms with Gasteiger partial charge in [0.1, 0.15) is 6.61 Å². The van der Waals surface area contributed by atoms with Gasteiger partial charge in [0.05, 0.1) is 6.61 Å². The van der Waals surface area contributed by atoms with Gasteiger partial charge in [-0.2, -0.15) is 0 Å². The molecule has 1 rings (SSSR count). The summed E-state index contributed by atoms with van der Waals surface area (Å²) in [6.45, 7) is 10.7. The normalized spacial score (nSPS) is 12.6. The summed E-state index contributed by atoms with van der Waals surface area (Å²) in [5.74, 6) is 0.803. The van der Waals surface area contributed by atoms with Crippen LogP contribution in [0, 0.1) is 11.7 Å². The first-order valence-corrected chi connectivity index (χ1v) is 8.59. The Kier molecular flexibility index (Phi) is 9.21. The molecule has 0 spiro atoms. The van der Waals surface area contributed by atoms with Crippen LogP contribution in [0.1, 0.15) is 33.6 Å². The number of halogens is 1. The number of hydrogen-bond donors (Lipinski definition) is 1. The molecule has 0 saturated carbocycles. The lowest BCUT2D eigenvalue weighted by Crippen LogP contribution is -2.13. The van der Waals surface area contributed by atoms with E-state index in [1.54, 1.807) is 12.1 Å². The minimum absolute atomic E-state index is 0.282. The van der Waals surface area contributed by atoms with E-state index in [4.69, 9.17) is 9.57 Å². The van der Waals surface area contributed by atoms with Crippen molar-refractivity contribution >= 4 is 17.8 Å². The van der Waals surface area contributed by atoms with Crippen molar-refractivity contribution in [2.75, 3.05) is 13.2 Å². The van der Waals surface area contributed by atoms with Gasteiger partial charge in [-0.15, -0.1) is 0 Å². The molecule has 1 unspecified atom stereocenters. The monoisotopic (exact) mass is 340 g/mol. The Morgan fingerprint density at radius 3 is 2.87 bits per heavy atom. The zero-order chi connectivity index (χ0) is 17.1. The van der Waals surface area contributed by atoms with E-state index in [9.17, 15) is 4.39 Å². The maximum atomic E-state index is 14.1. The summed E-state index contributed by atoms with van der Waals surface area (Å²) in [5, 5.41) is 3.83. The van der Waals surface area contributed by atoms with Gasteiger partial charge in [0, 0.05) is 4.90 Å². The Hall–Kier alpha value is -1.69. The van der Waals surface area contributed by atoms with E-state index in [-0.39, 0.29) is 11.6 Å². The second-order valence-corrected chi connectivity index (χ2v) is 5.98. The maximum Gasteiger partial charge on any atom is 0.175 e. The van der Waals surface area contributed by atoms with E-state index >= 15 is 0 Å². The fourth-order valence-electron chi connectivity index (χ4n) is 1.81. The fourth-order valence-corrected chi connectivity index (χ4v) is 2.45. The van der Waals surface area contributed by atoms with Gasteiger partial charge in [-0.25, -0.2) is 4.39 Å². The number of hydrogen-bond acceptors (Lipinski definition) is 4. The lowest BCUT2D eigenvalue weighted by molar-refractivity contribution is 0.158. The minimum atomic E-state index is -0.373. The smallest absolute Gasteiger partial charge is 0.175 e. The molecule has 23 heavy (non-hydrogen) atoms. The van der Waals surface area contributed by atoms with E-state index in [1.807, 2.05) is 6.92 Å². The van der Waals surface area contributed by atoms with Crippen molar-refractivity contribution in [1.82, 2.24) is 4.72 Å². The van der Waals surface area contributed by atoms with E-state index in [1.165, 1.54) is 24.1 Å². The first-order chi connectivity index (χ1) is 11.1. The number of nitrogens with one attached hydrogen (secondary N) is 1. The van der Waals surface area contributed by atoms with Crippen molar-refractivity contribution in [2.45, 2.75) is 38.5 Å². The fraction of sp³-hybridized carbons (Fsp3) is 0.471. The van der Waals surface area contributed by atoms with Crippen LogP contribution in [0.15, 0.2) is 40.9 Å². The highest BCUT2D eigenvalue weighted by molar-refractivity contribution is 7.98. The Morgan fingerprint density at radius 1 is 1.48 bits per heavy atom. The zero-order valence-corrected chi connectivity index (χ0v) is 14.8. The average molecular weight is 340 g/mol. The number of benzene rings is 1. The van der Waals surface area contributed by atoms with Crippen LogP contribution in [0.25, 0.3) is 0 Å². The Balaban J connectivity index is 2.56. The predicted molar refractivity (Wildman–Crippen MR) is 94.2 cm³/mol. The van der Waals surface area contributed by atoms with E-state index < -0.39 is 0 Å². The van der Waals surface area contributed by atoms with Gasteiger partial charge < -0.3 is 14.3 Å². The molecular weight excluding hydrogens is 315 g/mol. The Morgan fingerprint density at radius 2 is 2.26 bits per heavy atom. The summed E-state index contributed by atoms with van der Waals surface area (Å²) in [6.07, 6.45) is 3.71. The molecule has 4 nitrogen and oxygen atoms in total. The molecule has 0 aliphatic heterocycles. The van der Waals surface area contributed by atoms with E-state index in [0.717, 1.165) is 12.8 Å². The molecule has 6 heteroatoms. The predicted octanol–water partition coefficient (Wildman–Crippen LogP) is 4.77. The highest BCUT2D eigenvalue weighted by Crippen LogP contribution is 2.24. The van der Waals surface area contributed by atoms with Crippen LogP contribution in [-0.2, 0) is 4.84 Å². The largest absolute Gasteiger partial charge is 0.490 e. The summed E-state index contributed by atoms with van der Waals surface area (Å²) in [5.41, 5.74) is 0. The third kappa shape index (κ3) is 7.41. The maximum absolute atomic E-state index is 14.1. The second-order valence-electron chi connectivity index (χ2n) is 5.10. The third-order valence-corrected chi connectivity index (χ3v) is 3.77. The molecule has 0 amide bonds. The quantitative estimate of drug-likeness (QED) is 0.288. The molecule has 0 saturated heterocycles. The molecule has 1 atom stereocenters. The van der Waals surface area contributed by atoms with Gasteiger partial charge in [0.25, 0.3) is 0 Å². The van der Waals surface area contributed by atoms with Crippen molar-refractivity contribution in [1.29, 1.82) is 0 Å². The van der Waals surface area contributed by atoms with Gasteiger partial charge in [0.15, 0.2) is 17.4 Å². The third-order valence-electron chi connectivity index (χ3n) is 2.97. The van der Waals surface area contributed by atoms with Gasteiger partial charge in [0.2, 0.25) is 0 Å². The molecule has 0 aromatic heterocycles. The number of rotatable bonds is 10. The van der Waals surface area contributed by atoms with Crippen LogP contribution in [0.3, 0.4) is 0 Å². The van der Waals surface area contributed by atoms with Crippen LogP contribution in [0.5, 0.6) is 5.75 Å². The molecule has 1 aromatic carbocycles. The van der Waals surface area contributed by atoms with Crippen LogP contribution >= 0.6 is 11.9 Å². The molecule has 0 aliphatic rings. The summed E-state index contributed by atoms with van der Waals surface area (Å²) >= 11 is 1.23. The highest BCUT2D eigenvalue weighted by atomic mass is 32.2. The zero-order valence-electron chi connectivity index (χ0n) is 14.0. The van der Waals surface area contributed by atoms with Crippen LogP contribution in [-0.4, -0.2) is 19.0 Å². The van der Waals surface area contributed by atoms with Gasteiger partial charge in [-0.3, -0.25) is 0 Å². The van der Waals surface area contributed by atoms with Gasteiger partial charge in [-0.05, 0) is 55.5 Å². The topological polar surface area (TPSA) is 42.8 Å². The lowest BCUT2D eigenvalue weighted by Gasteiger charge is -2.13.